The molecule has 0 saturated heterocycles. The Balaban J connectivity index is 1.88. The maximum absolute atomic E-state index is 13.6. The van der Waals surface area contributed by atoms with Crippen LogP contribution in [-0.2, 0) is 11.3 Å². The molecule has 0 bridgehead atoms. The molecule has 3 aromatic rings. The van der Waals surface area contributed by atoms with Crippen LogP contribution >= 0.6 is 0 Å². The first kappa shape index (κ1) is 25.9. The second-order valence-corrected chi connectivity index (χ2v) is 8.83. The van der Waals surface area contributed by atoms with Gasteiger partial charge in [0, 0.05) is 44.1 Å². The van der Waals surface area contributed by atoms with E-state index in [4.69, 9.17) is 0 Å². The van der Waals surface area contributed by atoms with Gasteiger partial charge in [-0.1, -0.05) is 50.2 Å². The summed E-state index contributed by atoms with van der Waals surface area (Å²) in [6, 6.07) is 21.1. The maximum Gasteiger partial charge on any atom is 0.255 e. The fraction of sp³-hybridized carbons (Fsp3) is 0.310. The zero-order valence-corrected chi connectivity index (χ0v) is 20.9. The molecule has 3 rings (SSSR count). The van der Waals surface area contributed by atoms with E-state index in [1.54, 1.807) is 6.07 Å². The summed E-state index contributed by atoms with van der Waals surface area (Å²) < 4.78 is 13.6. The lowest BCUT2D eigenvalue weighted by Crippen LogP contribution is -2.35. The molecule has 0 fully saturated rings. The van der Waals surface area contributed by atoms with E-state index in [0.29, 0.717) is 25.2 Å². The quantitative estimate of drug-likeness (QED) is 0.387. The molecular weight excluding hydrogens is 441 g/mol. The number of carbonyl (C=O) groups excluding carboxylic acids is 2. The van der Waals surface area contributed by atoms with E-state index in [9.17, 15) is 14.0 Å². The van der Waals surface area contributed by atoms with Crippen molar-refractivity contribution in [2.24, 2.45) is 0 Å². The molecule has 2 amide bonds. The number of amides is 2. The number of anilines is 2. The smallest absolute Gasteiger partial charge is 0.255 e. The number of benzene rings is 3. The van der Waals surface area contributed by atoms with Gasteiger partial charge in [0.15, 0.2) is 0 Å². The minimum Gasteiger partial charge on any atom is -0.377 e. The van der Waals surface area contributed by atoms with Crippen LogP contribution in [-0.4, -0.2) is 37.4 Å². The second kappa shape index (κ2) is 12.2. The first-order chi connectivity index (χ1) is 16.8. The number of halogens is 1. The summed E-state index contributed by atoms with van der Waals surface area (Å²) in [5.74, 6) is -0.954. The van der Waals surface area contributed by atoms with Crippen molar-refractivity contribution in [3.05, 3.63) is 95.3 Å². The standard InChI is InChI=1S/C29H34FN3O2/c1-5-17-33(29(35)26(6-2)21-11-8-7-9-12-21)20-23-19-25(15-16-27(23)32(3)4)31-28(34)22-13-10-14-24(30)18-22/h7-16,18-19,26H,5-6,17,20H2,1-4H3,(H,31,34)/t26-/m1/s1. The van der Waals surface area contributed by atoms with Crippen LogP contribution in [0, 0.1) is 5.82 Å². The van der Waals surface area contributed by atoms with Crippen molar-refractivity contribution in [2.45, 2.75) is 39.2 Å². The minimum absolute atomic E-state index is 0.0967. The maximum atomic E-state index is 13.6. The lowest BCUT2D eigenvalue weighted by atomic mass is 9.94. The average molecular weight is 476 g/mol. The highest BCUT2D eigenvalue weighted by Gasteiger charge is 2.25. The highest BCUT2D eigenvalue weighted by molar-refractivity contribution is 6.04. The van der Waals surface area contributed by atoms with Crippen molar-refractivity contribution in [2.75, 3.05) is 30.9 Å². The van der Waals surface area contributed by atoms with Crippen LogP contribution in [0.25, 0.3) is 0 Å². The van der Waals surface area contributed by atoms with Gasteiger partial charge in [0.2, 0.25) is 5.91 Å². The highest BCUT2D eigenvalue weighted by Crippen LogP contribution is 2.28. The van der Waals surface area contributed by atoms with Crippen LogP contribution in [0.3, 0.4) is 0 Å². The summed E-state index contributed by atoms with van der Waals surface area (Å²) in [4.78, 5) is 30.2. The normalized spacial score (nSPS) is 11.6. The molecule has 184 valence electrons. The van der Waals surface area contributed by atoms with E-state index < -0.39 is 5.82 Å². The predicted octanol–water partition coefficient (Wildman–Crippen LogP) is 6.08. The van der Waals surface area contributed by atoms with E-state index in [1.807, 2.05) is 79.3 Å². The summed E-state index contributed by atoms with van der Waals surface area (Å²) in [7, 11) is 3.91. The molecule has 0 aliphatic rings. The molecule has 0 aliphatic heterocycles. The summed E-state index contributed by atoms with van der Waals surface area (Å²) in [5, 5.41) is 2.86. The molecule has 6 heteroatoms. The molecule has 1 atom stereocenters. The van der Waals surface area contributed by atoms with Crippen LogP contribution in [0.1, 0.15) is 54.1 Å². The first-order valence-electron chi connectivity index (χ1n) is 12.0. The van der Waals surface area contributed by atoms with E-state index in [1.165, 1.54) is 18.2 Å². The lowest BCUT2D eigenvalue weighted by Gasteiger charge is -2.29. The summed E-state index contributed by atoms with van der Waals surface area (Å²) in [5.41, 5.74) is 3.76. The zero-order valence-electron chi connectivity index (χ0n) is 20.9. The van der Waals surface area contributed by atoms with Crippen LogP contribution in [0.4, 0.5) is 15.8 Å². The molecule has 3 aromatic carbocycles. The first-order valence-corrected chi connectivity index (χ1v) is 12.0. The topological polar surface area (TPSA) is 52.7 Å². The Kier molecular flexibility index (Phi) is 9.01. The van der Waals surface area contributed by atoms with Gasteiger partial charge in [-0.15, -0.1) is 0 Å². The third kappa shape index (κ3) is 6.69. The van der Waals surface area contributed by atoms with Crippen LogP contribution in [0.5, 0.6) is 0 Å². The Hall–Kier alpha value is -3.67. The van der Waals surface area contributed by atoms with Gasteiger partial charge in [0.25, 0.3) is 5.91 Å². The minimum atomic E-state index is -0.459. The molecule has 35 heavy (non-hydrogen) atoms. The van der Waals surface area contributed by atoms with Crippen LogP contribution in [0.2, 0.25) is 0 Å². The fourth-order valence-corrected chi connectivity index (χ4v) is 4.26. The monoisotopic (exact) mass is 475 g/mol. The number of rotatable bonds is 10. The molecular formula is C29H34FN3O2. The molecule has 0 unspecified atom stereocenters. The van der Waals surface area contributed by atoms with Crippen molar-refractivity contribution in [1.29, 1.82) is 0 Å². The molecule has 0 aromatic heterocycles. The number of nitrogens with one attached hydrogen (secondary N) is 1. The Bertz CT molecular complexity index is 1150. The van der Waals surface area contributed by atoms with Gasteiger partial charge >= 0.3 is 0 Å². The Labute approximate surface area is 207 Å². The molecule has 0 radical (unpaired) electrons. The summed E-state index contributed by atoms with van der Waals surface area (Å²) >= 11 is 0. The largest absolute Gasteiger partial charge is 0.377 e. The van der Waals surface area contributed by atoms with Crippen molar-refractivity contribution in [3.63, 3.8) is 0 Å². The summed E-state index contributed by atoms with van der Waals surface area (Å²) in [6.07, 6.45) is 1.55. The molecule has 0 spiro atoms. The van der Waals surface area contributed by atoms with E-state index in [-0.39, 0.29) is 23.3 Å². The molecule has 1 N–H and O–H groups in total. The Morgan fingerprint density at radius 1 is 0.943 bits per heavy atom. The van der Waals surface area contributed by atoms with Gasteiger partial charge in [-0.2, -0.15) is 0 Å². The molecule has 0 saturated carbocycles. The van der Waals surface area contributed by atoms with Crippen molar-refractivity contribution in [3.8, 4) is 0 Å². The van der Waals surface area contributed by atoms with Gasteiger partial charge in [-0.3, -0.25) is 9.59 Å². The van der Waals surface area contributed by atoms with Gasteiger partial charge in [0.1, 0.15) is 5.82 Å². The van der Waals surface area contributed by atoms with Crippen LogP contribution in [0.15, 0.2) is 72.8 Å². The number of hydrogen-bond donors (Lipinski definition) is 1. The van der Waals surface area contributed by atoms with Gasteiger partial charge < -0.3 is 15.1 Å². The zero-order chi connectivity index (χ0) is 25.4. The number of carbonyl (C=O) groups is 2. The van der Waals surface area contributed by atoms with Crippen molar-refractivity contribution >= 4 is 23.2 Å². The third-order valence-electron chi connectivity index (χ3n) is 5.98. The fourth-order valence-electron chi connectivity index (χ4n) is 4.26. The average Bonchev–Trinajstić information content (AvgIpc) is 2.85. The number of hydrogen-bond acceptors (Lipinski definition) is 3. The number of nitrogens with zero attached hydrogens (tertiary/aromatic N) is 2. The lowest BCUT2D eigenvalue weighted by molar-refractivity contribution is -0.133. The van der Waals surface area contributed by atoms with Crippen molar-refractivity contribution < 1.29 is 14.0 Å². The van der Waals surface area contributed by atoms with Crippen LogP contribution < -0.4 is 10.2 Å². The summed E-state index contributed by atoms with van der Waals surface area (Å²) in [6.45, 7) is 5.15. The van der Waals surface area contributed by atoms with Gasteiger partial charge in [-0.05, 0) is 60.4 Å². The van der Waals surface area contributed by atoms with Crippen molar-refractivity contribution in [1.82, 2.24) is 4.90 Å². The highest BCUT2D eigenvalue weighted by atomic mass is 19.1. The predicted molar refractivity (Wildman–Crippen MR) is 140 cm³/mol. The van der Waals surface area contributed by atoms with E-state index in [0.717, 1.165) is 23.2 Å². The van der Waals surface area contributed by atoms with E-state index >= 15 is 0 Å². The second-order valence-electron chi connectivity index (χ2n) is 8.83. The van der Waals surface area contributed by atoms with Gasteiger partial charge in [0.05, 0.1) is 5.92 Å². The Morgan fingerprint density at radius 3 is 2.31 bits per heavy atom. The SMILES string of the molecule is CCCN(Cc1cc(NC(=O)c2cccc(F)c2)ccc1N(C)C)C(=O)[C@H](CC)c1ccccc1. The van der Waals surface area contributed by atoms with Gasteiger partial charge in [-0.25, -0.2) is 4.39 Å². The molecule has 5 nitrogen and oxygen atoms in total. The third-order valence-corrected chi connectivity index (χ3v) is 5.98. The molecule has 0 heterocycles. The van der Waals surface area contributed by atoms with E-state index in [2.05, 4.69) is 12.2 Å². The molecule has 0 aliphatic carbocycles. The Morgan fingerprint density at radius 2 is 1.69 bits per heavy atom.